The summed E-state index contributed by atoms with van der Waals surface area (Å²) in [5.41, 5.74) is 6.59. The summed E-state index contributed by atoms with van der Waals surface area (Å²) < 4.78 is 0. The number of aryl methyl sites for hydroxylation is 2. The minimum atomic E-state index is -0.0759. The third kappa shape index (κ3) is 1.97. The van der Waals surface area contributed by atoms with Crippen molar-refractivity contribution in [3.05, 3.63) is 17.6 Å². The van der Waals surface area contributed by atoms with E-state index >= 15 is 0 Å². The van der Waals surface area contributed by atoms with Gasteiger partial charge in [-0.3, -0.25) is 9.69 Å². The van der Waals surface area contributed by atoms with Crippen LogP contribution in [0.5, 0.6) is 0 Å². The molecule has 1 aromatic heterocycles. The van der Waals surface area contributed by atoms with Gasteiger partial charge in [-0.15, -0.1) is 0 Å². The minimum Gasteiger partial charge on any atom is -0.326 e. The van der Waals surface area contributed by atoms with Gasteiger partial charge in [0.15, 0.2) is 0 Å². The molecule has 0 bridgehead atoms. The van der Waals surface area contributed by atoms with Crippen molar-refractivity contribution >= 4 is 11.7 Å². The van der Waals surface area contributed by atoms with Gasteiger partial charge >= 0.3 is 0 Å². The molecule has 1 aliphatic heterocycles. The van der Waals surface area contributed by atoms with Crippen molar-refractivity contribution < 1.29 is 4.79 Å². The Kier molecular flexibility index (Phi) is 2.40. The molecule has 1 unspecified atom stereocenters. The van der Waals surface area contributed by atoms with Gasteiger partial charge < -0.3 is 5.73 Å². The van der Waals surface area contributed by atoms with Crippen molar-refractivity contribution in [3.63, 3.8) is 0 Å². The van der Waals surface area contributed by atoms with E-state index in [4.69, 9.17) is 5.73 Å². The van der Waals surface area contributed by atoms with E-state index in [1.54, 1.807) is 4.90 Å². The molecule has 1 amide bonds. The van der Waals surface area contributed by atoms with Crippen molar-refractivity contribution in [3.8, 4) is 0 Å². The fraction of sp³-hybridized carbons (Fsp3) is 0.500. The minimum absolute atomic E-state index is 0.0417. The SMILES string of the molecule is Cc1cc(N2CC(N)CC2=O)nc(C)n1. The Bertz CT molecular complexity index is 384. The zero-order valence-corrected chi connectivity index (χ0v) is 8.90. The Morgan fingerprint density at radius 3 is 2.73 bits per heavy atom. The summed E-state index contributed by atoms with van der Waals surface area (Å²) in [5.74, 6) is 1.39. The van der Waals surface area contributed by atoms with E-state index in [-0.39, 0.29) is 11.9 Å². The first-order valence-corrected chi connectivity index (χ1v) is 4.94. The van der Waals surface area contributed by atoms with E-state index in [2.05, 4.69) is 9.97 Å². The number of hydrogen-bond acceptors (Lipinski definition) is 4. The van der Waals surface area contributed by atoms with Crippen molar-refractivity contribution in [2.24, 2.45) is 5.73 Å². The van der Waals surface area contributed by atoms with Crippen molar-refractivity contribution in [2.45, 2.75) is 26.3 Å². The fourth-order valence-corrected chi connectivity index (χ4v) is 1.79. The van der Waals surface area contributed by atoms with E-state index in [0.717, 1.165) is 5.69 Å². The van der Waals surface area contributed by atoms with Gasteiger partial charge in [-0.2, -0.15) is 0 Å². The Morgan fingerprint density at radius 1 is 1.47 bits per heavy atom. The smallest absolute Gasteiger partial charge is 0.229 e. The summed E-state index contributed by atoms with van der Waals surface area (Å²) in [7, 11) is 0. The number of amides is 1. The third-order valence-corrected chi connectivity index (χ3v) is 2.38. The first-order valence-electron chi connectivity index (χ1n) is 4.94. The first-order chi connectivity index (χ1) is 7.06. The van der Waals surface area contributed by atoms with Gasteiger partial charge in [0, 0.05) is 30.8 Å². The largest absolute Gasteiger partial charge is 0.326 e. The van der Waals surface area contributed by atoms with E-state index in [0.29, 0.717) is 24.6 Å². The van der Waals surface area contributed by atoms with Crippen LogP contribution < -0.4 is 10.6 Å². The third-order valence-electron chi connectivity index (χ3n) is 2.38. The summed E-state index contributed by atoms with van der Waals surface area (Å²) in [6, 6.07) is 1.73. The number of anilines is 1. The fourth-order valence-electron chi connectivity index (χ4n) is 1.79. The number of carbonyl (C=O) groups is 1. The molecule has 2 rings (SSSR count). The maximum absolute atomic E-state index is 11.6. The number of rotatable bonds is 1. The van der Waals surface area contributed by atoms with Crippen LogP contribution in [0.25, 0.3) is 0 Å². The van der Waals surface area contributed by atoms with Crippen LogP contribution in [0.1, 0.15) is 17.9 Å². The summed E-state index contributed by atoms with van der Waals surface area (Å²) >= 11 is 0. The lowest BCUT2D eigenvalue weighted by molar-refractivity contribution is -0.117. The van der Waals surface area contributed by atoms with Crippen LogP contribution in [0.15, 0.2) is 6.07 Å². The van der Waals surface area contributed by atoms with Gasteiger partial charge in [-0.05, 0) is 13.8 Å². The number of nitrogens with two attached hydrogens (primary N) is 1. The standard InChI is InChI=1S/C10H14N4O/c1-6-3-9(13-7(2)12-6)14-5-8(11)4-10(14)15/h3,8H,4-5,11H2,1-2H3. The molecule has 2 heterocycles. The average molecular weight is 206 g/mol. The van der Waals surface area contributed by atoms with Crippen LogP contribution >= 0.6 is 0 Å². The number of nitrogens with zero attached hydrogens (tertiary/aromatic N) is 3. The molecular formula is C10H14N4O. The second-order valence-corrected chi connectivity index (χ2v) is 3.88. The molecule has 5 nitrogen and oxygen atoms in total. The van der Waals surface area contributed by atoms with Crippen LogP contribution in [0.2, 0.25) is 0 Å². The van der Waals surface area contributed by atoms with Gasteiger partial charge in [0.1, 0.15) is 11.6 Å². The molecule has 0 aliphatic carbocycles. The highest BCUT2D eigenvalue weighted by Crippen LogP contribution is 2.19. The van der Waals surface area contributed by atoms with Crippen LogP contribution in [-0.4, -0.2) is 28.5 Å². The second kappa shape index (κ2) is 3.58. The van der Waals surface area contributed by atoms with Gasteiger partial charge in [-0.25, -0.2) is 9.97 Å². The Hall–Kier alpha value is -1.49. The van der Waals surface area contributed by atoms with E-state index in [9.17, 15) is 4.79 Å². The van der Waals surface area contributed by atoms with E-state index in [1.807, 2.05) is 19.9 Å². The predicted molar refractivity (Wildman–Crippen MR) is 56.5 cm³/mol. The van der Waals surface area contributed by atoms with Crippen LogP contribution in [0, 0.1) is 13.8 Å². The van der Waals surface area contributed by atoms with Crippen molar-refractivity contribution in [1.29, 1.82) is 0 Å². The highest BCUT2D eigenvalue weighted by atomic mass is 16.2. The highest BCUT2D eigenvalue weighted by Gasteiger charge is 2.29. The summed E-state index contributed by atoms with van der Waals surface area (Å²) in [6.07, 6.45) is 0.405. The molecule has 0 saturated carbocycles. The molecule has 1 aromatic rings. The van der Waals surface area contributed by atoms with Gasteiger partial charge in [0.25, 0.3) is 0 Å². The lowest BCUT2D eigenvalue weighted by atomic mass is 10.3. The Labute approximate surface area is 88.3 Å². The van der Waals surface area contributed by atoms with Crippen molar-refractivity contribution in [2.75, 3.05) is 11.4 Å². The topological polar surface area (TPSA) is 72.1 Å². The summed E-state index contributed by atoms with van der Waals surface area (Å²) in [5, 5.41) is 0. The molecule has 5 heteroatoms. The average Bonchev–Trinajstić information content (AvgIpc) is 2.43. The molecule has 15 heavy (non-hydrogen) atoms. The van der Waals surface area contributed by atoms with Crippen LogP contribution in [0.3, 0.4) is 0 Å². The highest BCUT2D eigenvalue weighted by molar-refractivity contribution is 5.95. The van der Waals surface area contributed by atoms with E-state index < -0.39 is 0 Å². The number of hydrogen-bond donors (Lipinski definition) is 1. The van der Waals surface area contributed by atoms with Crippen LogP contribution in [0.4, 0.5) is 5.82 Å². The molecule has 1 atom stereocenters. The lowest BCUT2D eigenvalue weighted by Crippen LogP contribution is -2.29. The van der Waals surface area contributed by atoms with Gasteiger partial charge in [-0.1, -0.05) is 0 Å². The number of aromatic nitrogens is 2. The Balaban J connectivity index is 2.33. The Morgan fingerprint density at radius 2 is 2.20 bits per heavy atom. The van der Waals surface area contributed by atoms with E-state index in [1.165, 1.54) is 0 Å². The first kappa shape index (κ1) is 10.0. The van der Waals surface area contributed by atoms with Crippen molar-refractivity contribution in [1.82, 2.24) is 9.97 Å². The van der Waals surface area contributed by atoms with Crippen LogP contribution in [-0.2, 0) is 4.79 Å². The molecule has 1 saturated heterocycles. The molecule has 0 aromatic carbocycles. The molecule has 1 fully saturated rings. The molecule has 2 N–H and O–H groups in total. The second-order valence-electron chi connectivity index (χ2n) is 3.88. The molecule has 0 radical (unpaired) electrons. The quantitative estimate of drug-likeness (QED) is 0.710. The normalized spacial score (nSPS) is 21.1. The number of carbonyl (C=O) groups excluding carboxylic acids is 1. The molecule has 0 spiro atoms. The zero-order valence-electron chi connectivity index (χ0n) is 8.90. The summed E-state index contributed by atoms with van der Waals surface area (Å²) in [4.78, 5) is 21.6. The molecule has 1 aliphatic rings. The molecular weight excluding hydrogens is 192 g/mol. The summed E-state index contributed by atoms with van der Waals surface area (Å²) in [6.45, 7) is 4.25. The predicted octanol–water partition coefficient (Wildman–Crippen LogP) is 0.157. The monoisotopic (exact) mass is 206 g/mol. The maximum atomic E-state index is 11.6. The molecule has 80 valence electrons. The maximum Gasteiger partial charge on any atom is 0.229 e. The zero-order chi connectivity index (χ0) is 11.0. The van der Waals surface area contributed by atoms with Gasteiger partial charge in [0.2, 0.25) is 5.91 Å². The lowest BCUT2D eigenvalue weighted by Gasteiger charge is -2.15. The van der Waals surface area contributed by atoms with Gasteiger partial charge in [0.05, 0.1) is 0 Å².